The van der Waals surface area contributed by atoms with Crippen molar-refractivity contribution in [3.8, 4) is 5.75 Å². The van der Waals surface area contributed by atoms with Gasteiger partial charge < -0.3 is 39.4 Å². The summed E-state index contributed by atoms with van der Waals surface area (Å²) >= 11 is 5.79. The Kier molecular flexibility index (Phi) is 8.24. The summed E-state index contributed by atoms with van der Waals surface area (Å²) in [5.74, 6) is 0.391. The lowest BCUT2D eigenvalue weighted by Gasteiger charge is -2.35. The van der Waals surface area contributed by atoms with Crippen LogP contribution in [0.2, 0.25) is 0 Å². The number of hydrogen-bond donors (Lipinski definition) is 4. The Balaban J connectivity index is 1.56. The van der Waals surface area contributed by atoms with Crippen molar-refractivity contribution in [3.05, 3.63) is 67.1 Å². The van der Waals surface area contributed by atoms with Crippen molar-refractivity contribution in [2.45, 2.75) is 43.9 Å². The van der Waals surface area contributed by atoms with Crippen LogP contribution in [0.4, 0.5) is 0 Å². The molecular weight excluding hydrogens is 531 g/mol. The highest BCUT2D eigenvalue weighted by Gasteiger charge is 2.55. The highest BCUT2D eigenvalue weighted by Crippen LogP contribution is 2.48. The fourth-order valence-corrected chi connectivity index (χ4v) is 6.63. The van der Waals surface area contributed by atoms with Gasteiger partial charge in [0.05, 0.1) is 13.7 Å². The van der Waals surface area contributed by atoms with Crippen LogP contribution in [0.3, 0.4) is 0 Å². The van der Waals surface area contributed by atoms with Crippen LogP contribution in [0.15, 0.2) is 72.1 Å². The molecule has 5 N–H and O–H groups in total. The normalized spacial score (nSPS) is 27.6. The van der Waals surface area contributed by atoms with Gasteiger partial charge in [-0.2, -0.15) is 0 Å². The molecule has 2 aliphatic rings. The highest BCUT2D eigenvalue weighted by atomic mass is 32.5. The van der Waals surface area contributed by atoms with Crippen molar-refractivity contribution in [3.63, 3.8) is 0 Å². The maximum absolute atomic E-state index is 12.2. The molecule has 1 fully saturated rings. The summed E-state index contributed by atoms with van der Waals surface area (Å²) in [6.07, 6.45) is -0.317. The summed E-state index contributed by atoms with van der Waals surface area (Å²) in [4.78, 5) is 17.7. The molecule has 0 bridgehead atoms. The SMILES string of the molecule is C=C1N=C(N)C=CN1[C@@H]1O[C@H](COP(=S)(NC(C)C(=O)OC)Oc2cccc3ccccc23)[C@@H](O)[C@@]1(C)O. The lowest BCUT2D eigenvalue weighted by Crippen LogP contribution is -2.51. The van der Waals surface area contributed by atoms with Gasteiger partial charge in [-0.15, -0.1) is 0 Å². The fourth-order valence-electron chi connectivity index (χ4n) is 4.21. The quantitative estimate of drug-likeness (QED) is 0.263. The third kappa shape index (κ3) is 5.76. The van der Waals surface area contributed by atoms with Crippen molar-refractivity contribution < 1.29 is 33.5 Å². The molecule has 0 amide bonds. The molecule has 4 rings (SSSR count). The molecule has 0 saturated carbocycles. The van der Waals surface area contributed by atoms with Crippen LogP contribution in [0.5, 0.6) is 5.75 Å². The number of aliphatic hydroxyl groups is 2. The third-order valence-corrected chi connectivity index (χ3v) is 8.74. The maximum Gasteiger partial charge on any atom is 0.323 e. The van der Waals surface area contributed by atoms with Crippen molar-refractivity contribution in [2.75, 3.05) is 13.7 Å². The van der Waals surface area contributed by atoms with Gasteiger partial charge in [0.1, 0.15) is 41.3 Å². The van der Waals surface area contributed by atoms with Crippen LogP contribution in [-0.4, -0.2) is 70.7 Å². The van der Waals surface area contributed by atoms with Gasteiger partial charge in [0.2, 0.25) is 0 Å². The molecule has 204 valence electrons. The molecule has 2 aromatic carbocycles. The molecule has 1 saturated heterocycles. The number of nitrogens with two attached hydrogens (primary N) is 1. The zero-order chi connectivity index (χ0) is 27.7. The number of rotatable bonds is 9. The Morgan fingerprint density at radius 1 is 1.37 bits per heavy atom. The Bertz CT molecular complexity index is 1330. The molecule has 13 heteroatoms. The number of nitrogens with zero attached hydrogens (tertiary/aromatic N) is 2. The summed E-state index contributed by atoms with van der Waals surface area (Å²) in [5, 5.41) is 26.7. The van der Waals surface area contributed by atoms with E-state index in [0.717, 1.165) is 10.8 Å². The first-order chi connectivity index (χ1) is 17.9. The lowest BCUT2D eigenvalue weighted by molar-refractivity contribution is -0.142. The number of methoxy groups -OCH3 is 1. The number of aliphatic hydroxyl groups excluding tert-OH is 1. The van der Waals surface area contributed by atoms with E-state index in [1.165, 1.54) is 25.0 Å². The van der Waals surface area contributed by atoms with E-state index < -0.39 is 42.7 Å². The predicted molar refractivity (Wildman–Crippen MR) is 146 cm³/mol. The van der Waals surface area contributed by atoms with Crippen molar-refractivity contribution >= 4 is 41.0 Å². The smallest absolute Gasteiger partial charge is 0.323 e. The van der Waals surface area contributed by atoms with E-state index >= 15 is 0 Å². The molecule has 0 spiro atoms. The van der Waals surface area contributed by atoms with E-state index in [4.69, 9.17) is 36.1 Å². The molecule has 0 aliphatic carbocycles. The molecular formula is C25H31N4O7PS. The monoisotopic (exact) mass is 562 g/mol. The van der Waals surface area contributed by atoms with Gasteiger partial charge >= 0.3 is 12.6 Å². The molecule has 0 radical (unpaired) electrons. The molecule has 0 aromatic heterocycles. The highest BCUT2D eigenvalue weighted by molar-refractivity contribution is 8.09. The van der Waals surface area contributed by atoms with E-state index in [0.29, 0.717) is 5.75 Å². The van der Waals surface area contributed by atoms with Crippen molar-refractivity contribution in [1.82, 2.24) is 9.99 Å². The largest absolute Gasteiger partial charge is 0.468 e. The second-order valence-electron chi connectivity index (χ2n) is 9.11. The second-order valence-corrected chi connectivity index (χ2v) is 12.2. The van der Waals surface area contributed by atoms with Crippen LogP contribution in [-0.2, 0) is 30.6 Å². The maximum atomic E-state index is 12.2. The van der Waals surface area contributed by atoms with E-state index in [1.807, 2.05) is 36.4 Å². The third-order valence-electron chi connectivity index (χ3n) is 6.25. The van der Waals surface area contributed by atoms with Gasteiger partial charge in [-0.3, -0.25) is 4.79 Å². The number of hydrogen-bond acceptors (Lipinski definition) is 11. The van der Waals surface area contributed by atoms with E-state index in [-0.39, 0.29) is 18.3 Å². The number of ether oxygens (including phenoxy) is 2. The Labute approximate surface area is 225 Å². The molecule has 11 nitrogen and oxygen atoms in total. The average Bonchev–Trinajstić information content (AvgIpc) is 3.10. The lowest BCUT2D eigenvalue weighted by atomic mass is 9.96. The van der Waals surface area contributed by atoms with Gasteiger partial charge in [0.15, 0.2) is 6.23 Å². The van der Waals surface area contributed by atoms with E-state index in [1.54, 1.807) is 19.2 Å². The molecule has 2 unspecified atom stereocenters. The molecule has 2 aromatic rings. The number of benzene rings is 2. The average molecular weight is 563 g/mol. The first-order valence-corrected chi connectivity index (χ1v) is 14.4. The van der Waals surface area contributed by atoms with E-state index in [9.17, 15) is 15.0 Å². The number of carbonyl (C=O) groups is 1. The summed E-state index contributed by atoms with van der Waals surface area (Å²) < 4.78 is 23.1. The fraction of sp³-hybridized carbons (Fsp3) is 0.360. The van der Waals surface area contributed by atoms with Gasteiger partial charge in [-0.05, 0) is 43.2 Å². The Morgan fingerprint density at radius 2 is 2.08 bits per heavy atom. The number of nitrogens with one attached hydrogen (secondary N) is 1. The minimum atomic E-state index is -3.44. The number of carbonyl (C=O) groups excluding carboxylic acids is 1. The molecule has 2 heterocycles. The first-order valence-electron chi connectivity index (χ1n) is 11.8. The minimum absolute atomic E-state index is 0.238. The standard InChI is InChI=1S/C25H31N4O7PS/c1-15(23(31)33-4)28-37(38,36-19-11-7-9-17-8-5-6-10-18(17)19)34-14-20-22(30)25(3,32)24(35-20)29-13-12-21(26)27-16(29)2/h5-13,15,20,22,24,30,32H,2,14H2,1,3-4H3,(H2,26,27)(H,28,38)/t15?,20-,22-,24-,25-,37?/m1/s1. The first kappa shape index (κ1) is 28.2. The van der Waals surface area contributed by atoms with Crippen LogP contribution >= 0.6 is 6.64 Å². The van der Waals surface area contributed by atoms with Crippen LogP contribution in [0, 0.1) is 0 Å². The minimum Gasteiger partial charge on any atom is -0.468 e. The second kappa shape index (κ2) is 11.1. The topological polar surface area (TPSA) is 148 Å². The zero-order valence-electron chi connectivity index (χ0n) is 21.2. The van der Waals surface area contributed by atoms with Crippen molar-refractivity contribution in [2.24, 2.45) is 10.7 Å². The zero-order valence-corrected chi connectivity index (χ0v) is 22.9. The van der Waals surface area contributed by atoms with Gasteiger partial charge in [0, 0.05) is 11.6 Å². The number of aliphatic imine (C=N–C) groups is 1. The summed E-state index contributed by atoms with van der Waals surface area (Å²) in [6.45, 7) is 3.16. The van der Waals surface area contributed by atoms with Crippen molar-refractivity contribution in [1.29, 1.82) is 0 Å². The Hall–Kier alpha value is -2.83. The van der Waals surface area contributed by atoms with Gasteiger partial charge in [-0.1, -0.05) is 43.0 Å². The number of esters is 1. The Morgan fingerprint density at radius 3 is 2.79 bits per heavy atom. The van der Waals surface area contributed by atoms with Crippen LogP contribution < -0.4 is 15.3 Å². The molecule has 38 heavy (non-hydrogen) atoms. The summed E-state index contributed by atoms with van der Waals surface area (Å²) in [5.41, 5.74) is 3.99. The summed E-state index contributed by atoms with van der Waals surface area (Å²) in [6, 6.07) is 12.2. The number of amidine groups is 1. The molecule has 2 aliphatic heterocycles. The molecule has 6 atom stereocenters. The van der Waals surface area contributed by atoms with Gasteiger partial charge in [0.25, 0.3) is 0 Å². The van der Waals surface area contributed by atoms with E-state index in [2.05, 4.69) is 16.7 Å². The number of fused-ring (bicyclic) bond motifs is 1. The van der Waals surface area contributed by atoms with Crippen LogP contribution in [0.1, 0.15) is 13.8 Å². The van der Waals surface area contributed by atoms with Gasteiger partial charge in [-0.25, -0.2) is 10.1 Å². The predicted octanol–water partition coefficient (Wildman–Crippen LogP) is 2.11. The summed E-state index contributed by atoms with van der Waals surface area (Å²) in [7, 11) is 1.27. The van der Waals surface area contributed by atoms with Crippen LogP contribution in [0.25, 0.3) is 10.8 Å².